The van der Waals surface area contributed by atoms with Crippen molar-refractivity contribution < 1.29 is 9.72 Å². The number of aryl methyl sites for hydroxylation is 3. The number of aromatic nitrogens is 4. The number of carbonyl (C=O) groups excluding carboxylic acids is 1. The van der Waals surface area contributed by atoms with E-state index in [0.29, 0.717) is 5.69 Å². The lowest BCUT2D eigenvalue weighted by atomic mass is 10.0. The molecule has 2 aromatic heterocycles. The van der Waals surface area contributed by atoms with E-state index in [-0.39, 0.29) is 28.9 Å². The monoisotopic (exact) mass is 435 g/mol. The lowest BCUT2D eigenvalue weighted by Crippen LogP contribution is -2.39. The van der Waals surface area contributed by atoms with Crippen LogP contribution in [-0.4, -0.2) is 49.4 Å². The lowest BCUT2D eigenvalue weighted by Gasteiger charge is -2.33. The fourth-order valence-corrected chi connectivity index (χ4v) is 3.99. The Morgan fingerprint density at radius 3 is 2.56 bits per heavy atom. The zero-order valence-corrected chi connectivity index (χ0v) is 18.3. The molecule has 0 amide bonds. The SMILES string of the molecule is Cc1cc(N2CCC(Nc3ccc(C(=O)c4nccn4C)cc3[N+](=O)[O-])CC2)nc(C)n1. The van der Waals surface area contributed by atoms with Crippen LogP contribution in [0.4, 0.5) is 17.2 Å². The van der Waals surface area contributed by atoms with Crippen molar-refractivity contribution in [1.29, 1.82) is 0 Å². The molecular weight excluding hydrogens is 410 g/mol. The van der Waals surface area contributed by atoms with Crippen molar-refractivity contribution in [3.05, 3.63) is 69.7 Å². The summed E-state index contributed by atoms with van der Waals surface area (Å²) in [4.78, 5) is 39.0. The van der Waals surface area contributed by atoms with E-state index in [2.05, 4.69) is 25.2 Å². The third-order valence-electron chi connectivity index (χ3n) is 5.61. The molecular formula is C22H25N7O3. The second-order valence-electron chi connectivity index (χ2n) is 8.00. The summed E-state index contributed by atoms with van der Waals surface area (Å²) in [5.74, 6) is 1.55. The van der Waals surface area contributed by atoms with Crippen molar-refractivity contribution in [3.8, 4) is 0 Å². The number of nitrogens with zero attached hydrogens (tertiary/aromatic N) is 6. The molecule has 1 aromatic carbocycles. The molecule has 0 atom stereocenters. The summed E-state index contributed by atoms with van der Waals surface area (Å²) in [6.07, 6.45) is 4.81. The number of nitro groups is 1. The third kappa shape index (κ3) is 4.43. The molecule has 166 valence electrons. The molecule has 0 aliphatic carbocycles. The Kier molecular flexibility index (Phi) is 5.85. The first-order chi connectivity index (χ1) is 15.3. The lowest BCUT2D eigenvalue weighted by molar-refractivity contribution is -0.384. The molecule has 3 heterocycles. The summed E-state index contributed by atoms with van der Waals surface area (Å²) < 4.78 is 1.59. The number of anilines is 2. The number of carbonyl (C=O) groups is 1. The van der Waals surface area contributed by atoms with E-state index in [0.717, 1.165) is 43.3 Å². The summed E-state index contributed by atoms with van der Waals surface area (Å²) in [5, 5.41) is 15.0. The molecule has 1 saturated heterocycles. The predicted molar refractivity (Wildman–Crippen MR) is 120 cm³/mol. The van der Waals surface area contributed by atoms with Crippen molar-refractivity contribution in [2.24, 2.45) is 7.05 Å². The highest BCUT2D eigenvalue weighted by atomic mass is 16.6. The van der Waals surface area contributed by atoms with Crippen molar-refractivity contribution >= 4 is 23.0 Å². The molecule has 32 heavy (non-hydrogen) atoms. The molecule has 0 saturated carbocycles. The van der Waals surface area contributed by atoms with Crippen LogP contribution < -0.4 is 10.2 Å². The molecule has 4 rings (SSSR count). The van der Waals surface area contributed by atoms with Crippen molar-refractivity contribution in [3.63, 3.8) is 0 Å². The number of hydrogen-bond acceptors (Lipinski definition) is 8. The minimum atomic E-state index is -0.459. The zero-order valence-electron chi connectivity index (χ0n) is 18.3. The van der Waals surface area contributed by atoms with Gasteiger partial charge in [0.1, 0.15) is 17.3 Å². The van der Waals surface area contributed by atoms with E-state index in [9.17, 15) is 14.9 Å². The Morgan fingerprint density at radius 1 is 1.19 bits per heavy atom. The summed E-state index contributed by atoms with van der Waals surface area (Å²) >= 11 is 0. The van der Waals surface area contributed by atoms with Crippen LogP contribution in [0, 0.1) is 24.0 Å². The second-order valence-corrected chi connectivity index (χ2v) is 8.00. The maximum absolute atomic E-state index is 12.7. The highest BCUT2D eigenvalue weighted by Gasteiger charge is 2.25. The second kappa shape index (κ2) is 8.74. The van der Waals surface area contributed by atoms with Gasteiger partial charge in [0.15, 0.2) is 5.82 Å². The smallest absolute Gasteiger partial charge is 0.293 e. The fourth-order valence-electron chi connectivity index (χ4n) is 3.99. The van der Waals surface area contributed by atoms with Gasteiger partial charge in [-0.2, -0.15) is 0 Å². The fraction of sp³-hybridized carbons (Fsp3) is 0.364. The molecule has 3 aromatic rings. The van der Waals surface area contributed by atoms with Gasteiger partial charge >= 0.3 is 0 Å². The van der Waals surface area contributed by atoms with Gasteiger partial charge in [-0.1, -0.05) is 0 Å². The standard InChI is InChI=1S/C22H25N7O3/c1-14-12-20(25-15(2)24-14)28-9-6-17(7-10-28)26-18-5-4-16(13-19(18)29(31)32)21(30)22-23-8-11-27(22)3/h4-5,8,11-13,17,26H,6-7,9-10H2,1-3H3. The van der Waals surface area contributed by atoms with Crippen LogP contribution in [0.3, 0.4) is 0 Å². The van der Waals surface area contributed by atoms with Crippen LogP contribution in [0.1, 0.15) is 40.5 Å². The molecule has 0 bridgehead atoms. The van der Waals surface area contributed by atoms with Crippen LogP contribution in [0.2, 0.25) is 0 Å². The summed E-state index contributed by atoms with van der Waals surface area (Å²) in [7, 11) is 1.71. The molecule has 1 aliphatic heterocycles. The van der Waals surface area contributed by atoms with E-state index in [1.807, 2.05) is 19.9 Å². The summed E-state index contributed by atoms with van der Waals surface area (Å²) in [6.45, 7) is 5.41. The molecule has 10 nitrogen and oxygen atoms in total. The van der Waals surface area contributed by atoms with E-state index in [4.69, 9.17) is 0 Å². The van der Waals surface area contributed by atoms with Gasteiger partial charge in [-0.3, -0.25) is 14.9 Å². The number of nitrogens with one attached hydrogen (secondary N) is 1. The first-order valence-corrected chi connectivity index (χ1v) is 10.5. The number of imidazole rings is 1. The minimum Gasteiger partial charge on any atom is -0.377 e. The predicted octanol–water partition coefficient (Wildman–Crippen LogP) is 3.05. The van der Waals surface area contributed by atoms with Crippen molar-refractivity contribution in [1.82, 2.24) is 19.5 Å². The molecule has 10 heteroatoms. The quantitative estimate of drug-likeness (QED) is 0.356. The van der Waals surface area contributed by atoms with Gasteiger partial charge < -0.3 is 14.8 Å². The minimum absolute atomic E-state index is 0.0880. The highest BCUT2D eigenvalue weighted by Crippen LogP contribution is 2.29. The van der Waals surface area contributed by atoms with Gasteiger partial charge in [-0.25, -0.2) is 15.0 Å². The molecule has 0 unspecified atom stereocenters. The molecule has 0 spiro atoms. The zero-order chi connectivity index (χ0) is 22.8. The van der Waals surface area contributed by atoms with Crippen LogP contribution >= 0.6 is 0 Å². The number of ketones is 1. The largest absolute Gasteiger partial charge is 0.377 e. The van der Waals surface area contributed by atoms with Gasteiger partial charge in [0.2, 0.25) is 5.78 Å². The van der Waals surface area contributed by atoms with Crippen LogP contribution in [-0.2, 0) is 7.05 Å². The van der Waals surface area contributed by atoms with Gasteiger partial charge in [0, 0.05) is 62.0 Å². The Labute approximate surface area is 185 Å². The van der Waals surface area contributed by atoms with Gasteiger partial charge in [0.25, 0.3) is 5.69 Å². The van der Waals surface area contributed by atoms with Crippen LogP contribution in [0.5, 0.6) is 0 Å². The highest BCUT2D eigenvalue weighted by molar-refractivity contribution is 6.07. The molecule has 1 N–H and O–H groups in total. The Balaban J connectivity index is 1.47. The van der Waals surface area contributed by atoms with E-state index < -0.39 is 4.92 Å². The topological polar surface area (TPSA) is 119 Å². The normalized spacial score (nSPS) is 14.4. The van der Waals surface area contributed by atoms with Gasteiger partial charge in [-0.15, -0.1) is 0 Å². The number of rotatable bonds is 6. The number of hydrogen-bond donors (Lipinski definition) is 1. The molecule has 1 aliphatic rings. The van der Waals surface area contributed by atoms with Crippen LogP contribution in [0.25, 0.3) is 0 Å². The summed E-state index contributed by atoms with van der Waals surface area (Å²) in [6, 6.07) is 6.60. The third-order valence-corrected chi connectivity index (χ3v) is 5.61. The maximum atomic E-state index is 12.7. The van der Waals surface area contributed by atoms with Crippen LogP contribution in [0.15, 0.2) is 36.7 Å². The Hall–Kier alpha value is -3.82. The first-order valence-electron chi connectivity index (χ1n) is 10.5. The average molecular weight is 435 g/mol. The van der Waals surface area contributed by atoms with E-state index in [1.165, 1.54) is 12.3 Å². The van der Waals surface area contributed by atoms with Gasteiger partial charge in [0.05, 0.1) is 4.92 Å². The number of benzene rings is 1. The van der Waals surface area contributed by atoms with Crippen molar-refractivity contribution in [2.75, 3.05) is 23.3 Å². The molecule has 1 fully saturated rings. The number of nitro benzene ring substituents is 1. The first kappa shape index (κ1) is 21.4. The Morgan fingerprint density at radius 2 is 1.94 bits per heavy atom. The number of piperidine rings is 1. The summed E-state index contributed by atoms with van der Waals surface area (Å²) in [5.41, 5.74) is 1.47. The Bertz CT molecular complexity index is 1150. The average Bonchev–Trinajstić information content (AvgIpc) is 3.19. The van der Waals surface area contributed by atoms with E-state index >= 15 is 0 Å². The van der Waals surface area contributed by atoms with Crippen molar-refractivity contribution in [2.45, 2.75) is 32.7 Å². The molecule has 0 radical (unpaired) electrons. The van der Waals surface area contributed by atoms with Gasteiger partial charge in [-0.05, 0) is 38.8 Å². The van der Waals surface area contributed by atoms with E-state index in [1.54, 1.807) is 29.9 Å². The maximum Gasteiger partial charge on any atom is 0.293 e.